The molecule has 2 aliphatic rings. The highest BCUT2D eigenvalue weighted by Crippen LogP contribution is 2.20. The molecular weight excluding hydrogens is 342 g/mol. The average Bonchev–Trinajstić information content (AvgIpc) is 2.73. The molecule has 2 fully saturated rings. The molecule has 6 heteroatoms. The summed E-state index contributed by atoms with van der Waals surface area (Å²) >= 11 is 0. The molecular formula is C21H25N3O3. The minimum absolute atomic E-state index is 0.182. The minimum Gasteiger partial charge on any atom is -0.445 e. The number of benzene rings is 1. The first-order valence-corrected chi connectivity index (χ1v) is 9.48. The molecule has 0 saturated carbocycles. The molecule has 27 heavy (non-hydrogen) atoms. The topological polar surface area (TPSA) is 54.9 Å². The van der Waals surface area contributed by atoms with E-state index >= 15 is 0 Å². The number of aromatic nitrogens is 1. The van der Waals surface area contributed by atoms with E-state index in [-0.39, 0.29) is 18.2 Å². The number of ether oxygens (including phenoxy) is 2. The van der Waals surface area contributed by atoms with Gasteiger partial charge in [-0.25, -0.2) is 4.79 Å². The van der Waals surface area contributed by atoms with Crippen LogP contribution in [-0.2, 0) is 22.5 Å². The van der Waals surface area contributed by atoms with Gasteiger partial charge in [-0.1, -0.05) is 36.4 Å². The van der Waals surface area contributed by atoms with E-state index in [1.165, 1.54) is 5.56 Å². The van der Waals surface area contributed by atoms with E-state index < -0.39 is 0 Å². The number of fused-ring (bicyclic) bond motifs is 1. The summed E-state index contributed by atoms with van der Waals surface area (Å²) in [5.41, 5.74) is 2.20. The second-order valence-corrected chi connectivity index (χ2v) is 7.16. The molecule has 1 aromatic heterocycles. The van der Waals surface area contributed by atoms with Gasteiger partial charge in [0.15, 0.2) is 0 Å². The van der Waals surface area contributed by atoms with Crippen molar-refractivity contribution in [1.82, 2.24) is 14.8 Å². The van der Waals surface area contributed by atoms with Crippen LogP contribution < -0.4 is 0 Å². The van der Waals surface area contributed by atoms with Crippen LogP contribution in [0.15, 0.2) is 54.9 Å². The Balaban J connectivity index is 1.25. The molecule has 3 heterocycles. The first-order valence-electron chi connectivity index (χ1n) is 9.48. The summed E-state index contributed by atoms with van der Waals surface area (Å²) in [6.45, 7) is 4.07. The third kappa shape index (κ3) is 4.64. The number of morpholine rings is 1. The van der Waals surface area contributed by atoms with Gasteiger partial charge in [-0.3, -0.25) is 9.88 Å². The fourth-order valence-corrected chi connectivity index (χ4v) is 3.73. The standard InChI is InChI=1S/C21H25N3O3/c25-21(27-15-17-5-2-1-3-6-17)24-10-9-23-14-20(26-16-19(23)13-24)11-18-7-4-8-22-12-18/h1-8,12,19-20H,9-11,13-16H2/t19-,20-/m1/s1. The van der Waals surface area contributed by atoms with E-state index in [1.807, 2.05) is 42.6 Å². The maximum absolute atomic E-state index is 12.4. The number of hydrogen-bond acceptors (Lipinski definition) is 5. The van der Waals surface area contributed by atoms with E-state index in [2.05, 4.69) is 16.0 Å². The second kappa shape index (κ2) is 8.50. The summed E-state index contributed by atoms with van der Waals surface area (Å²) in [5.74, 6) is 0. The van der Waals surface area contributed by atoms with Crippen LogP contribution in [0.3, 0.4) is 0 Å². The molecule has 2 atom stereocenters. The van der Waals surface area contributed by atoms with Gasteiger partial charge in [0.25, 0.3) is 0 Å². The Morgan fingerprint density at radius 2 is 1.96 bits per heavy atom. The summed E-state index contributed by atoms with van der Waals surface area (Å²) in [7, 11) is 0. The van der Waals surface area contributed by atoms with E-state index in [4.69, 9.17) is 9.47 Å². The summed E-state index contributed by atoms with van der Waals surface area (Å²) in [5, 5.41) is 0. The van der Waals surface area contributed by atoms with Crippen molar-refractivity contribution in [3.63, 3.8) is 0 Å². The molecule has 2 aromatic rings. The lowest BCUT2D eigenvalue weighted by Gasteiger charge is -2.45. The van der Waals surface area contributed by atoms with Crippen LogP contribution >= 0.6 is 0 Å². The summed E-state index contributed by atoms with van der Waals surface area (Å²) in [6.07, 6.45) is 4.51. The van der Waals surface area contributed by atoms with E-state index in [0.29, 0.717) is 26.3 Å². The van der Waals surface area contributed by atoms with Gasteiger partial charge in [-0.15, -0.1) is 0 Å². The quantitative estimate of drug-likeness (QED) is 0.830. The number of amides is 1. The van der Waals surface area contributed by atoms with Crippen LogP contribution in [0, 0.1) is 0 Å². The van der Waals surface area contributed by atoms with Gasteiger partial charge in [0, 0.05) is 45.0 Å². The van der Waals surface area contributed by atoms with Gasteiger partial charge in [0.2, 0.25) is 0 Å². The Kier molecular flexibility index (Phi) is 5.65. The van der Waals surface area contributed by atoms with Crippen molar-refractivity contribution < 1.29 is 14.3 Å². The first kappa shape index (κ1) is 17.9. The van der Waals surface area contributed by atoms with Gasteiger partial charge in [0.05, 0.1) is 18.8 Å². The van der Waals surface area contributed by atoms with Gasteiger partial charge in [0.1, 0.15) is 6.61 Å². The molecule has 2 saturated heterocycles. The highest BCUT2D eigenvalue weighted by Gasteiger charge is 2.35. The Hall–Kier alpha value is -2.44. The highest BCUT2D eigenvalue weighted by molar-refractivity contribution is 5.67. The number of nitrogens with zero attached hydrogens (tertiary/aromatic N) is 3. The number of carbonyl (C=O) groups is 1. The van der Waals surface area contributed by atoms with Crippen molar-refractivity contribution in [2.24, 2.45) is 0 Å². The van der Waals surface area contributed by atoms with Crippen molar-refractivity contribution in [1.29, 1.82) is 0 Å². The van der Waals surface area contributed by atoms with Gasteiger partial charge >= 0.3 is 6.09 Å². The molecule has 1 amide bonds. The monoisotopic (exact) mass is 367 g/mol. The molecule has 4 rings (SSSR count). The van der Waals surface area contributed by atoms with E-state index in [9.17, 15) is 4.79 Å². The fourth-order valence-electron chi connectivity index (χ4n) is 3.73. The predicted octanol–water partition coefficient (Wildman–Crippen LogP) is 2.35. The zero-order valence-electron chi connectivity index (χ0n) is 15.4. The van der Waals surface area contributed by atoms with E-state index in [1.54, 1.807) is 11.1 Å². The lowest BCUT2D eigenvalue weighted by molar-refractivity contribution is -0.0855. The Labute approximate surface area is 159 Å². The Morgan fingerprint density at radius 1 is 1.11 bits per heavy atom. The molecule has 0 unspecified atom stereocenters. The summed E-state index contributed by atoms with van der Waals surface area (Å²) in [6, 6.07) is 14.1. The van der Waals surface area contributed by atoms with Crippen molar-refractivity contribution in [2.75, 3.05) is 32.8 Å². The third-order valence-corrected chi connectivity index (χ3v) is 5.22. The maximum Gasteiger partial charge on any atom is 0.410 e. The molecule has 1 aromatic carbocycles. The van der Waals surface area contributed by atoms with Crippen molar-refractivity contribution in [2.45, 2.75) is 25.2 Å². The van der Waals surface area contributed by atoms with Crippen LogP contribution in [-0.4, -0.2) is 65.8 Å². The zero-order valence-corrected chi connectivity index (χ0v) is 15.4. The number of rotatable bonds is 4. The predicted molar refractivity (Wildman–Crippen MR) is 101 cm³/mol. The van der Waals surface area contributed by atoms with E-state index in [0.717, 1.165) is 25.1 Å². The summed E-state index contributed by atoms with van der Waals surface area (Å²) in [4.78, 5) is 20.8. The lowest BCUT2D eigenvalue weighted by Crippen LogP contribution is -2.61. The normalized spacial score (nSPS) is 22.9. The zero-order chi connectivity index (χ0) is 18.5. The second-order valence-electron chi connectivity index (χ2n) is 7.16. The maximum atomic E-state index is 12.4. The Morgan fingerprint density at radius 3 is 2.78 bits per heavy atom. The molecule has 0 spiro atoms. The van der Waals surface area contributed by atoms with Gasteiger partial charge in [-0.2, -0.15) is 0 Å². The number of hydrogen-bond donors (Lipinski definition) is 0. The first-order chi connectivity index (χ1) is 13.3. The van der Waals surface area contributed by atoms with Gasteiger partial charge in [-0.05, 0) is 17.2 Å². The smallest absolute Gasteiger partial charge is 0.410 e. The van der Waals surface area contributed by atoms with Crippen molar-refractivity contribution >= 4 is 6.09 Å². The lowest BCUT2D eigenvalue weighted by atomic mass is 10.0. The van der Waals surface area contributed by atoms with Crippen LogP contribution in [0.2, 0.25) is 0 Å². The van der Waals surface area contributed by atoms with Crippen LogP contribution in [0.5, 0.6) is 0 Å². The number of carbonyl (C=O) groups excluding carboxylic acids is 1. The fraction of sp³-hybridized carbons (Fsp3) is 0.429. The molecule has 142 valence electrons. The average molecular weight is 367 g/mol. The molecule has 0 N–H and O–H groups in total. The van der Waals surface area contributed by atoms with Crippen molar-refractivity contribution in [3.8, 4) is 0 Å². The highest BCUT2D eigenvalue weighted by atomic mass is 16.6. The molecule has 6 nitrogen and oxygen atoms in total. The van der Waals surface area contributed by atoms with Gasteiger partial charge < -0.3 is 14.4 Å². The van der Waals surface area contributed by atoms with Crippen LogP contribution in [0.1, 0.15) is 11.1 Å². The molecule has 2 aliphatic heterocycles. The third-order valence-electron chi connectivity index (χ3n) is 5.22. The summed E-state index contributed by atoms with van der Waals surface area (Å²) < 4.78 is 11.5. The molecule has 0 aliphatic carbocycles. The Bertz CT molecular complexity index is 741. The number of piperazine rings is 1. The SMILES string of the molecule is O=C(OCc1ccccc1)N1CCN2C[C@@H](Cc3cccnc3)OC[C@H]2C1. The van der Waals surface area contributed by atoms with Crippen LogP contribution in [0.25, 0.3) is 0 Å². The van der Waals surface area contributed by atoms with Crippen molar-refractivity contribution in [3.05, 3.63) is 66.0 Å². The molecule has 0 radical (unpaired) electrons. The largest absolute Gasteiger partial charge is 0.445 e. The van der Waals surface area contributed by atoms with Crippen LogP contribution in [0.4, 0.5) is 4.79 Å². The minimum atomic E-state index is -0.240. The number of pyridine rings is 1. The molecule has 0 bridgehead atoms.